The molecule has 0 radical (unpaired) electrons. The lowest BCUT2D eigenvalue weighted by atomic mass is 10.1. The number of nitrogens with zero attached hydrogens (tertiary/aromatic N) is 1. The van der Waals surface area contributed by atoms with Crippen LogP contribution in [0.4, 0.5) is 5.69 Å². The highest BCUT2D eigenvalue weighted by atomic mass is 32.2. The van der Waals surface area contributed by atoms with Gasteiger partial charge in [0.25, 0.3) is 10.0 Å². The van der Waals surface area contributed by atoms with Crippen molar-refractivity contribution in [2.45, 2.75) is 18.4 Å². The number of benzene rings is 2. The number of aromatic nitrogens is 1. The SMILES string of the molecule is Cc1ccc(NS(=O)(=O)c2cccc3cnccc23)c(CO)c1. The van der Waals surface area contributed by atoms with Gasteiger partial charge in [0.05, 0.1) is 17.2 Å². The Morgan fingerprint density at radius 1 is 1.17 bits per heavy atom. The van der Waals surface area contributed by atoms with Crippen molar-refractivity contribution in [3.8, 4) is 0 Å². The summed E-state index contributed by atoms with van der Waals surface area (Å²) >= 11 is 0. The molecule has 0 saturated carbocycles. The van der Waals surface area contributed by atoms with Crippen LogP contribution in [0.25, 0.3) is 10.8 Å². The first-order valence-corrected chi connectivity index (χ1v) is 8.55. The van der Waals surface area contributed by atoms with Gasteiger partial charge in [-0.05, 0) is 25.1 Å². The third kappa shape index (κ3) is 3.04. The largest absolute Gasteiger partial charge is 0.392 e. The van der Waals surface area contributed by atoms with Crippen LogP contribution in [0.3, 0.4) is 0 Å². The molecule has 0 amide bonds. The molecule has 3 rings (SSSR count). The highest BCUT2D eigenvalue weighted by Gasteiger charge is 2.18. The van der Waals surface area contributed by atoms with E-state index < -0.39 is 10.0 Å². The number of sulfonamides is 1. The fourth-order valence-corrected chi connectivity index (χ4v) is 3.81. The predicted molar refractivity (Wildman–Crippen MR) is 89.7 cm³/mol. The van der Waals surface area contributed by atoms with Crippen molar-refractivity contribution in [2.24, 2.45) is 0 Å². The molecule has 23 heavy (non-hydrogen) atoms. The summed E-state index contributed by atoms with van der Waals surface area (Å²) < 4.78 is 28.1. The first-order valence-electron chi connectivity index (χ1n) is 7.07. The standard InChI is InChI=1S/C17H16N2O3S/c1-12-5-6-16(14(9-12)11-20)19-23(21,22)17-4-2-3-13-10-18-8-7-15(13)17/h2-10,19-20H,11H2,1H3. The maximum atomic E-state index is 12.8. The van der Waals surface area contributed by atoms with Crippen molar-refractivity contribution in [3.63, 3.8) is 0 Å². The molecule has 0 saturated heterocycles. The molecular weight excluding hydrogens is 312 g/mol. The Kier molecular flexibility index (Phi) is 4.02. The van der Waals surface area contributed by atoms with Crippen LogP contribution in [-0.2, 0) is 16.6 Å². The van der Waals surface area contributed by atoms with E-state index in [0.717, 1.165) is 10.9 Å². The van der Waals surface area contributed by atoms with E-state index in [1.807, 2.05) is 13.0 Å². The van der Waals surface area contributed by atoms with Gasteiger partial charge >= 0.3 is 0 Å². The molecule has 0 fully saturated rings. The number of aliphatic hydroxyl groups excluding tert-OH is 1. The summed E-state index contributed by atoms with van der Waals surface area (Å²) in [7, 11) is -3.77. The van der Waals surface area contributed by atoms with Crippen molar-refractivity contribution in [1.29, 1.82) is 0 Å². The molecule has 2 aromatic carbocycles. The number of hydrogen-bond acceptors (Lipinski definition) is 4. The summed E-state index contributed by atoms with van der Waals surface area (Å²) in [6.07, 6.45) is 3.19. The fourth-order valence-electron chi connectivity index (χ4n) is 2.48. The minimum Gasteiger partial charge on any atom is -0.392 e. The quantitative estimate of drug-likeness (QED) is 0.772. The van der Waals surface area contributed by atoms with Gasteiger partial charge in [-0.3, -0.25) is 9.71 Å². The van der Waals surface area contributed by atoms with Crippen LogP contribution in [0.5, 0.6) is 0 Å². The molecule has 6 heteroatoms. The number of rotatable bonds is 4. The van der Waals surface area contributed by atoms with Gasteiger partial charge in [-0.1, -0.05) is 29.8 Å². The average Bonchev–Trinajstić information content (AvgIpc) is 2.55. The smallest absolute Gasteiger partial charge is 0.262 e. The van der Waals surface area contributed by atoms with Gasteiger partial charge in [-0.15, -0.1) is 0 Å². The Hall–Kier alpha value is -2.44. The van der Waals surface area contributed by atoms with Crippen molar-refractivity contribution >= 4 is 26.5 Å². The lowest BCUT2D eigenvalue weighted by Crippen LogP contribution is -2.14. The normalized spacial score (nSPS) is 11.6. The molecule has 1 heterocycles. The van der Waals surface area contributed by atoms with Crippen molar-refractivity contribution in [3.05, 3.63) is 66.0 Å². The summed E-state index contributed by atoms with van der Waals surface area (Å²) in [6, 6.07) is 11.9. The highest BCUT2D eigenvalue weighted by molar-refractivity contribution is 7.93. The number of aryl methyl sites for hydroxylation is 1. The van der Waals surface area contributed by atoms with E-state index in [1.165, 1.54) is 0 Å². The Morgan fingerprint density at radius 3 is 2.78 bits per heavy atom. The number of nitrogens with one attached hydrogen (secondary N) is 1. The lowest BCUT2D eigenvalue weighted by molar-refractivity contribution is 0.282. The monoisotopic (exact) mass is 328 g/mol. The molecule has 0 atom stereocenters. The summed E-state index contributed by atoms with van der Waals surface area (Å²) in [5, 5.41) is 10.8. The van der Waals surface area contributed by atoms with Gasteiger partial charge in [0, 0.05) is 28.7 Å². The van der Waals surface area contributed by atoms with Crippen molar-refractivity contribution in [2.75, 3.05) is 4.72 Å². The maximum Gasteiger partial charge on any atom is 0.262 e. The lowest BCUT2D eigenvalue weighted by Gasteiger charge is -2.13. The van der Waals surface area contributed by atoms with Crippen LogP contribution in [0, 0.1) is 6.92 Å². The molecule has 2 N–H and O–H groups in total. The molecule has 0 aliphatic rings. The molecule has 0 bridgehead atoms. The molecule has 118 valence electrons. The number of hydrogen-bond donors (Lipinski definition) is 2. The van der Waals surface area contributed by atoms with Gasteiger partial charge in [-0.25, -0.2) is 8.42 Å². The minimum absolute atomic E-state index is 0.182. The van der Waals surface area contributed by atoms with Gasteiger partial charge in [0.15, 0.2) is 0 Å². The molecule has 1 aromatic heterocycles. The first kappa shape index (κ1) is 15.5. The van der Waals surface area contributed by atoms with E-state index in [4.69, 9.17) is 0 Å². The third-order valence-electron chi connectivity index (χ3n) is 3.61. The van der Waals surface area contributed by atoms with E-state index >= 15 is 0 Å². The van der Waals surface area contributed by atoms with Crippen LogP contribution in [0.2, 0.25) is 0 Å². The van der Waals surface area contributed by atoms with Crippen LogP contribution >= 0.6 is 0 Å². The van der Waals surface area contributed by atoms with Gasteiger partial charge in [-0.2, -0.15) is 0 Å². The first-order chi connectivity index (χ1) is 11.0. The second-order valence-corrected chi connectivity index (χ2v) is 6.93. The van der Waals surface area contributed by atoms with Crippen LogP contribution in [-0.4, -0.2) is 18.5 Å². The Morgan fingerprint density at radius 2 is 2.00 bits per heavy atom. The third-order valence-corrected chi connectivity index (χ3v) is 5.03. The van der Waals surface area contributed by atoms with Crippen LogP contribution < -0.4 is 4.72 Å². The zero-order chi connectivity index (χ0) is 16.4. The Balaban J connectivity index is 2.08. The maximum absolute atomic E-state index is 12.8. The average molecular weight is 328 g/mol. The molecule has 5 nitrogen and oxygen atoms in total. The number of pyridine rings is 1. The Bertz CT molecular complexity index is 963. The zero-order valence-electron chi connectivity index (χ0n) is 12.5. The van der Waals surface area contributed by atoms with Crippen molar-refractivity contribution in [1.82, 2.24) is 4.98 Å². The fraction of sp³-hybridized carbons (Fsp3) is 0.118. The van der Waals surface area contributed by atoms with Gasteiger partial charge < -0.3 is 5.11 Å². The van der Waals surface area contributed by atoms with E-state index in [2.05, 4.69) is 9.71 Å². The number of fused-ring (bicyclic) bond motifs is 1. The zero-order valence-corrected chi connectivity index (χ0v) is 13.3. The summed E-state index contributed by atoms with van der Waals surface area (Å²) in [6.45, 7) is 1.65. The van der Waals surface area contributed by atoms with Crippen molar-refractivity contribution < 1.29 is 13.5 Å². The highest BCUT2D eigenvalue weighted by Crippen LogP contribution is 2.26. The molecule has 0 unspecified atom stereocenters. The molecule has 0 aliphatic heterocycles. The van der Waals surface area contributed by atoms with Gasteiger partial charge in [0.1, 0.15) is 0 Å². The van der Waals surface area contributed by atoms with E-state index in [-0.39, 0.29) is 11.5 Å². The number of aliphatic hydroxyl groups is 1. The topological polar surface area (TPSA) is 79.3 Å². The second-order valence-electron chi connectivity index (χ2n) is 5.28. The molecule has 0 aliphatic carbocycles. The van der Waals surface area contributed by atoms with Gasteiger partial charge in [0.2, 0.25) is 0 Å². The van der Waals surface area contributed by atoms with E-state index in [9.17, 15) is 13.5 Å². The van der Waals surface area contributed by atoms with E-state index in [0.29, 0.717) is 16.6 Å². The predicted octanol–water partition coefficient (Wildman–Crippen LogP) is 2.84. The molecular formula is C17H16N2O3S. The summed E-state index contributed by atoms with van der Waals surface area (Å²) in [5.74, 6) is 0. The summed E-state index contributed by atoms with van der Waals surface area (Å²) in [5.41, 5.74) is 1.87. The van der Waals surface area contributed by atoms with Crippen LogP contribution in [0.1, 0.15) is 11.1 Å². The molecule has 0 spiro atoms. The number of anilines is 1. The minimum atomic E-state index is -3.77. The summed E-state index contributed by atoms with van der Waals surface area (Å²) in [4.78, 5) is 4.19. The van der Waals surface area contributed by atoms with E-state index in [1.54, 1.807) is 48.8 Å². The molecule has 3 aromatic rings. The Labute approximate surface area is 134 Å². The second kappa shape index (κ2) is 5.98. The van der Waals surface area contributed by atoms with Crippen LogP contribution in [0.15, 0.2) is 59.8 Å².